The van der Waals surface area contributed by atoms with Crippen LogP contribution in [0.3, 0.4) is 0 Å². The number of furan rings is 2. The van der Waals surface area contributed by atoms with Gasteiger partial charge < -0.3 is 18.6 Å². The van der Waals surface area contributed by atoms with Gasteiger partial charge in [-0.1, -0.05) is 177 Å². The summed E-state index contributed by atoms with van der Waals surface area (Å²) in [5, 5.41) is 8.60. The van der Waals surface area contributed by atoms with Gasteiger partial charge in [0.1, 0.15) is 22.5 Å². The number of anilines is 6. The second-order valence-electron chi connectivity index (χ2n) is 24.4. The van der Waals surface area contributed by atoms with Crippen molar-refractivity contribution < 1.29 is 8.83 Å². The molecule has 3 aliphatic rings. The fourth-order valence-electron chi connectivity index (χ4n) is 14.6. The van der Waals surface area contributed by atoms with Crippen molar-refractivity contribution >= 4 is 100 Å². The first-order valence-corrected chi connectivity index (χ1v) is 30.7. The molecule has 16 rings (SSSR count). The van der Waals surface area contributed by atoms with Crippen molar-refractivity contribution in [1.29, 1.82) is 0 Å². The van der Waals surface area contributed by atoms with Crippen LogP contribution in [0, 0.1) is 32.6 Å². The third-order valence-corrected chi connectivity index (χ3v) is 19.5. The molecule has 0 aliphatic heterocycles. The van der Waals surface area contributed by atoms with Crippen LogP contribution in [0.15, 0.2) is 239 Å². The highest BCUT2D eigenvalue weighted by molar-refractivity contribution is 6.22. The van der Waals surface area contributed by atoms with E-state index in [0.29, 0.717) is 11.8 Å². The first-order chi connectivity index (χ1) is 42.1. The molecule has 86 heavy (non-hydrogen) atoms. The lowest BCUT2D eigenvalue weighted by atomic mass is 9.76. The molecule has 416 valence electrons. The number of nitrogens with zero attached hydrogens (tertiary/aromatic N) is 2. The van der Waals surface area contributed by atoms with Gasteiger partial charge in [0.2, 0.25) is 0 Å². The molecule has 3 aliphatic carbocycles. The summed E-state index contributed by atoms with van der Waals surface area (Å²) in [4.78, 5) is 5.06. The molecule has 2 heterocycles. The van der Waals surface area contributed by atoms with Crippen molar-refractivity contribution in [2.24, 2.45) is 11.8 Å². The highest BCUT2D eigenvalue weighted by Crippen LogP contribution is 2.54. The van der Waals surface area contributed by atoms with Crippen molar-refractivity contribution in [3.8, 4) is 33.4 Å². The maximum Gasteiger partial charge on any atom is 0.143 e. The number of hydrogen-bond donors (Lipinski definition) is 0. The zero-order chi connectivity index (χ0) is 57.9. The molecule has 2 unspecified atom stereocenters. The Bertz CT molecular complexity index is 5010. The zero-order valence-electron chi connectivity index (χ0n) is 49.6. The number of hydrogen-bond acceptors (Lipinski definition) is 4. The normalized spacial score (nSPS) is 15.5. The number of rotatable bonds is 10. The zero-order valence-corrected chi connectivity index (χ0v) is 49.6. The molecule has 0 fully saturated rings. The van der Waals surface area contributed by atoms with Crippen LogP contribution in [0.25, 0.3) is 99.5 Å². The minimum Gasteiger partial charge on any atom is -0.456 e. The van der Waals surface area contributed by atoms with E-state index in [9.17, 15) is 0 Å². The fraction of sp³-hybridized carbons (Fsp3) is 0.146. The van der Waals surface area contributed by atoms with E-state index in [1.165, 1.54) is 93.8 Å². The van der Waals surface area contributed by atoms with E-state index in [0.717, 1.165) is 110 Å². The molecule has 0 radical (unpaired) electrons. The van der Waals surface area contributed by atoms with Crippen LogP contribution in [0.5, 0.6) is 0 Å². The molecule has 0 N–H and O–H groups in total. The second-order valence-corrected chi connectivity index (χ2v) is 24.4. The van der Waals surface area contributed by atoms with Crippen LogP contribution in [0.2, 0.25) is 0 Å². The Labute approximate surface area is 503 Å². The number of allylic oxidation sites excluding steroid dienone is 5. The topological polar surface area (TPSA) is 32.8 Å². The van der Waals surface area contributed by atoms with Gasteiger partial charge in [-0.25, -0.2) is 0 Å². The monoisotopic (exact) mass is 1110 g/mol. The molecule has 0 amide bonds. The van der Waals surface area contributed by atoms with Gasteiger partial charge >= 0.3 is 0 Å². The Hall–Kier alpha value is -9.90. The van der Waals surface area contributed by atoms with E-state index in [2.05, 4.69) is 282 Å². The average molecular weight is 1110 g/mol. The first-order valence-electron chi connectivity index (χ1n) is 30.7. The number of fused-ring (bicyclic) bond motifs is 6. The molecule has 0 spiro atoms. The molecule has 4 nitrogen and oxygen atoms in total. The molecule has 0 saturated carbocycles. The second kappa shape index (κ2) is 20.4. The average Bonchev–Trinajstić information content (AvgIpc) is 0.961. The Kier molecular flexibility index (Phi) is 12.3. The van der Waals surface area contributed by atoms with Crippen LogP contribution < -0.4 is 9.80 Å². The van der Waals surface area contributed by atoms with Crippen LogP contribution in [0.1, 0.15) is 71.9 Å². The molecule has 4 heteroatoms. The number of benzene rings is 11. The van der Waals surface area contributed by atoms with Crippen LogP contribution in [0.4, 0.5) is 34.1 Å². The highest BCUT2D eigenvalue weighted by atomic mass is 16.3. The Morgan fingerprint density at radius 3 is 1.69 bits per heavy atom. The molecular weight excluding hydrogens is 1040 g/mol. The van der Waals surface area contributed by atoms with Crippen molar-refractivity contribution in [3.05, 3.63) is 275 Å². The quantitative estimate of drug-likeness (QED) is 0.128. The van der Waals surface area contributed by atoms with Gasteiger partial charge in [0, 0.05) is 61.0 Å². The fourth-order valence-corrected chi connectivity index (χ4v) is 14.6. The SMILES string of the molecule is CC1=CC(c2cc(N(c3ccccc3)c3cccc(-c4cccc5c6c(oc45)C=CCC6)c3)c3c4c2ccc2c(N(c5ccccc5)c5cccc(-c6cccc7c6oc6ccccc67)c5)cc(-c5cc(C)c(C)c(C)c5)c(c24)CC3)=CC(C)C1C. The van der Waals surface area contributed by atoms with Crippen LogP contribution in [-0.2, 0) is 19.3 Å². The van der Waals surface area contributed by atoms with E-state index >= 15 is 0 Å². The summed E-state index contributed by atoms with van der Waals surface area (Å²) in [6.07, 6.45) is 13.2. The lowest BCUT2D eigenvalue weighted by Gasteiger charge is -2.34. The lowest BCUT2D eigenvalue weighted by Crippen LogP contribution is -2.17. The van der Waals surface area contributed by atoms with Gasteiger partial charge in [0.05, 0.1) is 11.4 Å². The van der Waals surface area contributed by atoms with Crippen LogP contribution in [-0.4, -0.2) is 0 Å². The molecule has 2 aromatic heterocycles. The summed E-state index contributed by atoms with van der Waals surface area (Å²) in [6.45, 7) is 13.9. The first kappa shape index (κ1) is 51.7. The van der Waals surface area contributed by atoms with Gasteiger partial charge in [0.25, 0.3) is 0 Å². The van der Waals surface area contributed by atoms with Gasteiger partial charge in [-0.3, -0.25) is 0 Å². The Morgan fingerprint density at radius 2 is 0.988 bits per heavy atom. The minimum absolute atomic E-state index is 0.365. The van der Waals surface area contributed by atoms with E-state index in [1.54, 1.807) is 0 Å². The van der Waals surface area contributed by atoms with Crippen molar-refractivity contribution in [2.45, 2.75) is 67.2 Å². The third kappa shape index (κ3) is 8.32. The van der Waals surface area contributed by atoms with Gasteiger partial charge in [-0.2, -0.15) is 0 Å². The molecule has 13 aromatic rings. The van der Waals surface area contributed by atoms with Gasteiger partial charge in [0.15, 0.2) is 0 Å². The van der Waals surface area contributed by atoms with Crippen molar-refractivity contribution in [1.82, 2.24) is 0 Å². The predicted octanol–water partition coefficient (Wildman–Crippen LogP) is 23.2. The molecule has 2 atom stereocenters. The largest absolute Gasteiger partial charge is 0.456 e. The summed E-state index contributed by atoms with van der Waals surface area (Å²) < 4.78 is 13.5. The maximum atomic E-state index is 6.76. The summed E-state index contributed by atoms with van der Waals surface area (Å²) in [6, 6.07) is 76.7. The van der Waals surface area contributed by atoms with E-state index in [-0.39, 0.29) is 0 Å². The molecule has 0 bridgehead atoms. The predicted molar refractivity (Wildman–Crippen MR) is 363 cm³/mol. The van der Waals surface area contributed by atoms with E-state index in [4.69, 9.17) is 8.83 Å². The molecule has 11 aromatic carbocycles. The van der Waals surface area contributed by atoms with Crippen molar-refractivity contribution in [3.63, 3.8) is 0 Å². The smallest absolute Gasteiger partial charge is 0.143 e. The highest BCUT2D eigenvalue weighted by Gasteiger charge is 2.32. The van der Waals surface area contributed by atoms with Gasteiger partial charge in [-0.05, 0) is 215 Å². The lowest BCUT2D eigenvalue weighted by molar-refractivity contribution is 0.525. The van der Waals surface area contributed by atoms with E-state index in [1.807, 2.05) is 0 Å². The number of para-hydroxylation sites is 5. The standard InChI is InChI=1S/C82H66N2O2/c1-49-41-57(42-50(2)53(49)5)73-47-75(83(59-23-9-7-10-24-59)61-27-17-21-55(45-61)63-31-19-33-69-65-29-13-15-35-77(65)85-81(63)69)71-40-38-68-74(58-43-51(3)54(6)52(4)44-58)48-76(72-39-37-67(73)79(71)80(68)72)84(60-25-11-8-12-26-60)62-28-18-22-56(46-62)64-32-20-34-70-66-30-14-16-36-78(66)86-82(64)70/h7-13,15-29,31-36,38,40-48,51,54H,14,30,37,39H2,1-6H3. The summed E-state index contributed by atoms with van der Waals surface area (Å²) in [7, 11) is 0. The van der Waals surface area contributed by atoms with Gasteiger partial charge in [-0.15, -0.1) is 0 Å². The summed E-state index contributed by atoms with van der Waals surface area (Å²) in [5.41, 5.74) is 28.3. The third-order valence-electron chi connectivity index (χ3n) is 19.5. The van der Waals surface area contributed by atoms with Crippen molar-refractivity contribution in [2.75, 3.05) is 9.80 Å². The Balaban J connectivity index is 0.991. The number of aryl methyl sites for hydroxylation is 5. The Morgan fingerprint density at radius 1 is 0.419 bits per heavy atom. The molecular formula is C82H66N2O2. The van der Waals surface area contributed by atoms with E-state index < -0.39 is 0 Å². The summed E-state index contributed by atoms with van der Waals surface area (Å²) in [5.74, 6) is 1.79. The molecule has 0 saturated heterocycles. The maximum absolute atomic E-state index is 6.76. The minimum atomic E-state index is 0.365. The summed E-state index contributed by atoms with van der Waals surface area (Å²) >= 11 is 0. The van der Waals surface area contributed by atoms with Crippen LogP contribution >= 0.6 is 0 Å².